The van der Waals surface area contributed by atoms with Gasteiger partial charge in [-0.2, -0.15) is 0 Å². The Balaban J connectivity index is 1.81. The molecule has 4 heteroatoms. The Bertz CT molecular complexity index is 440. The number of fused-ring (bicyclic) bond motifs is 2. The first-order valence-electron chi connectivity index (χ1n) is 6.78. The molecule has 0 aliphatic carbocycles. The predicted molar refractivity (Wildman–Crippen MR) is 66.3 cm³/mol. The summed E-state index contributed by atoms with van der Waals surface area (Å²) in [5, 5.41) is 9.74. The summed E-state index contributed by atoms with van der Waals surface area (Å²) in [6, 6.07) is 4.03. The Hall–Kier alpha value is -1.29. The molecule has 2 aliphatic heterocycles. The number of rotatable bonds is 2. The lowest BCUT2D eigenvalue weighted by Crippen LogP contribution is -2.47. The molecular formula is C14H19NO3. The Morgan fingerprint density at radius 2 is 2.06 bits per heavy atom. The summed E-state index contributed by atoms with van der Waals surface area (Å²) < 4.78 is 5.55. The van der Waals surface area contributed by atoms with Gasteiger partial charge < -0.3 is 14.4 Å². The molecule has 0 aromatic carbocycles. The molecule has 2 saturated heterocycles. The van der Waals surface area contributed by atoms with Gasteiger partial charge >= 0.3 is 0 Å². The van der Waals surface area contributed by atoms with Crippen molar-refractivity contribution < 1.29 is 14.3 Å². The number of aliphatic hydroxyl groups is 1. The number of amides is 1. The van der Waals surface area contributed by atoms with E-state index in [4.69, 9.17) is 4.42 Å². The van der Waals surface area contributed by atoms with E-state index in [1.807, 2.05) is 17.9 Å². The number of aliphatic hydroxyl groups excluding tert-OH is 1. The largest absolute Gasteiger partial charge is 0.456 e. The third-order valence-corrected chi connectivity index (χ3v) is 4.16. The smallest absolute Gasteiger partial charge is 0.290 e. The highest BCUT2D eigenvalue weighted by atomic mass is 16.4. The highest BCUT2D eigenvalue weighted by Crippen LogP contribution is 2.36. The molecule has 1 N–H and O–H groups in total. The number of nitrogens with zero attached hydrogens (tertiary/aromatic N) is 1. The van der Waals surface area contributed by atoms with Crippen molar-refractivity contribution in [3.05, 3.63) is 23.7 Å². The molecule has 18 heavy (non-hydrogen) atoms. The van der Waals surface area contributed by atoms with Crippen LogP contribution in [0, 0.1) is 0 Å². The Labute approximate surface area is 107 Å². The van der Waals surface area contributed by atoms with Crippen molar-refractivity contribution in [3.8, 4) is 0 Å². The molecule has 3 rings (SSSR count). The third kappa shape index (κ3) is 1.85. The minimum atomic E-state index is -0.241. The number of hydrogen-bond donors (Lipinski definition) is 1. The van der Waals surface area contributed by atoms with E-state index >= 15 is 0 Å². The molecule has 1 aromatic heterocycles. The zero-order valence-electron chi connectivity index (χ0n) is 10.6. The molecule has 1 aromatic rings. The van der Waals surface area contributed by atoms with Crippen LogP contribution in [0.1, 0.15) is 48.9 Å². The van der Waals surface area contributed by atoms with Crippen LogP contribution in [-0.4, -0.2) is 34.1 Å². The van der Waals surface area contributed by atoms with Gasteiger partial charge in [-0.3, -0.25) is 4.79 Å². The lowest BCUT2D eigenvalue weighted by molar-refractivity contribution is 0.0263. The predicted octanol–water partition coefficient (Wildman–Crippen LogP) is 1.97. The summed E-state index contributed by atoms with van der Waals surface area (Å²) in [7, 11) is 0. The van der Waals surface area contributed by atoms with Crippen molar-refractivity contribution in [1.29, 1.82) is 0 Å². The molecule has 2 fully saturated rings. The van der Waals surface area contributed by atoms with E-state index in [1.165, 1.54) is 0 Å². The lowest BCUT2D eigenvalue weighted by Gasteiger charge is -2.36. The summed E-state index contributed by atoms with van der Waals surface area (Å²) in [6.07, 6.45) is 4.00. The van der Waals surface area contributed by atoms with Crippen molar-refractivity contribution in [3.63, 3.8) is 0 Å². The quantitative estimate of drug-likeness (QED) is 0.871. The second kappa shape index (κ2) is 4.43. The van der Waals surface area contributed by atoms with E-state index < -0.39 is 0 Å². The van der Waals surface area contributed by atoms with Crippen LogP contribution in [0.15, 0.2) is 16.5 Å². The molecule has 4 nitrogen and oxygen atoms in total. The fraction of sp³-hybridized carbons (Fsp3) is 0.643. The third-order valence-electron chi connectivity index (χ3n) is 4.16. The molecule has 2 aliphatic rings. The van der Waals surface area contributed by atoms with Gasteiger partial charge in [0.25, 0.3) is 5.91 Å². The number of carbonyl (C=O) groups is 1. The normalized spacial score (nSPS) is 30.8. The zero-order valence-corrected chi connectivity index (χ0v) is 10.6. The van der Waals surface area contributed by atoms with Gasteiger partial charge in [-0.05, 0) is 37.8 Å². The lowest BCUT2D eigenvalue weighted by atomic mass is 9.99. The summed E-state index contributed by atoms with van der Waals surface area (Å²) in [5.74, 6) is 1.29. The van der Waals surface area contributed by atoms with Crippen LogP contribution < -0.4 is 0 Å². The minimum Gasteiger partial charge on any atom is -0.456 e. The van der Waals surface area contributed by atoms with E-state index in [-0.39, 0.29) is 24.1 Å². The molecule has 2 bridgehead atoms. The van der Waals surface area contributed by atoms with Crippen molar-refractivity contribution in [2.75, 3.05) is 0 Å². The first kappa shape index (κ1) is 11.8. The van der Waals surface area contributed by atoms with Crippen LogP contribution in [0.3, 0.4) is 0 Å². The van der Waals surface area contributed by atoms with Gasteiger partial charge in [-0.25, -0.2) is 0 Å². The molecular weight excluding hydrogens is 230 g/mol. The zero-order chi connectivity index (χ0) is 12.7. The van der Waals surface area contributed by atoms with Crippen LogP contribution in [0.2, 0.25) is 0 Å². The standard InChI is InChI=1S/C14H19NO3/c1-2-12-5-6-13(18-12)14(17)15-9-3-4-10(15)8-11(16)7-9/h5-6,9-11,16H,2-4,7-8H2,1H3. The maximum atomic E-state index is 12.4. The van der Waals surface area contributed by atoms with Gasteiger partial charge in [0.05, 0.1) is 6.10 Å². The number of aryl methyl sites for hydroxylation is 1. The highest BCUT2D eigenvalue weighted by Gasteiger charge is 2.43. The minimum absolute atomic E-state index is 0.00546. The number of furan rings is 1. The van der Waals surface area contributed by atoms with Crippen LogP contribution in [-0.2, 0) is 6.42 Å². The van der Waals surface area contributed by atoms with Crippen molar-refractivity contribution in [2.45, 2.75) is 57.2 Å². The average Bonchev–Trinajstić information content (AvgIpc) is 2.92. The second-order valence-corrected chi connectivity index (χ2v) is 5.34. The van der Waals surface area contributed by atoms with Crippen molar-refractivity contribution in [1.82, 2.24) is 4.90 Å². The number of hydrogen-bond acceptors (Lipinski definition) is 3. The molecule has 3 heterocycles. The van der Waals surface area contributed by atoms with Gasteiger partial charge in [0.1, 0.15) is 5.76 Å². The SMILES string of the molecule is CCc1ccc(C(=O)N2C3CCC2CC(O)C3)o1. The molecule has 1 amide bonds. The second-order valence-electron chi connectivity index (χ2n) is 5.34. The fourth-order valence-electron chi connectivity index (χ4n) is 3.29. The Morgan fingerprint density at radius 1 is 1.39 bits per heavy atom. The fourth-order valence-corrected chi connectivity index (χ4v) is 3.29. The van der Waals surface area contributed by atoms with Crippen LogP contribution >= 0.6 is 0 Å². The van der Waals surface area contributed by atoms with Crippen LogP contribution in [0.4, 0.5) is 0 Å². The van der Waals surface area contributed by atoms with Gasteiger partial charge in [0.2, 0.25) is 0 Å². The molecule has 0 spiro atoms. The molecule has 0 saturated carbocycles. The Morgan fingerprint density at radius 3 is 2.61 bits per heavy atom. The molecule has 0 radical (unpaired) electrons. The first-order chi connectivity index (χ1) is 8.69. The van der Waals surface area contributed by atoms with Gasteiger partial charge in [0.15, 0.2) is 5.76 Å². The van der Waals surface area contributed by atoms with Crippen molar-refractivity contribution >= 4 is 5.91 Å². The highest BCUT2D eigenvalue weighted by molar-refractivity contribution is 5.92. The first-order valence-corrected chi connectivity index (χ1v) is 6.78. The summed E-state index contributed by atoms with van der Waals surface area (Å²) in [4.78, 5) is 14.4. The number of carbonyl (C=O) groups excluding carboxylic acids is 1. The van der Waals surface area contributed by atoms with E-state index in [9.17, 15) is 9.90 Å². The maximum Gasteiger partial charge on any atom is 0.290 e. The van der Waals surface area contributed by atoms with Crippen LogP contribution in [0.5, 0.6) is 0 Å². The average molecular weight is 249 g/mol. The van der Waals surface area contributed by atoms with E-state index in [2.05, 4.69) is 0 Å². The molecule has 2 unspecified atom stereocenters. The van der Waals surface area contributed by atoms with Crippen LogP contribution in [0.25, 0.3) is 0 Å². The van der Waals surface area contributed by atoms with Crippen molar-refractivity contribution in [2.24, 2.45) is 0 Å². The van der Waals surface area contributed by atoms with E-state index in [0.29, 0.717) is 18.6 Å². The monoisotopic (exact) mass is 249 g/mol. The maximum absolute atomic E-state index is 12.4. The van der Waals surface area contributed by atoms with Gasteiger partial charge in [-0.15, -0.1) is 0 Å². The Kier molecular flexibility index (Phi) is 2.90. The molecule has 2 atom stereocenters. The number of piperidine rings is 1. The van der Waals surface area contributed by atoms with E-state index in [1.54, 1.807) is 6.07 Å². The topological polar surface area (TPSA) is 53.7 Å². The summed E-state index contributed by atoms with van der Waals surface area (Å²) in [5.41, 5.74) is 0. The van der Waals surface area contributed by atoms with E-state index in [0.717, 1.165) is 25.0 Å². The summed E-state index contributed by atoms with van der Waals surface area (Å²) >= 11 is 0. The van der Waals surface area contributed by atoms with Gasteiger partial charge in [0, 0.05) is 18.5 Å². The molecule has 98 valence electrons. The van der Waals surface area contributed by atoms with Gasteiger partial charge in [-0.1, -0.05) is 6.92 Å². The summed E-state index contributed by atoms with van der Waals surface area (Å²) in [6.45, 7) is 2.01.